The number of nitriles is 1. The predicted octanol–water partition coefficient (Wildman–Crippen LogP) is 3.66. The van der Waals surface area contributed by atoms with Gasteiger partial charge in [-0.25, -0.2) is 9.79 Å². The smallest absolute Gasteiger partial charge is 0.410 e. The fraction of sp³-hybridized carbons (Fsp3) is 0.611. The van der Waals surface area contributed by atoms with Gasteiger partial charge in [0.1, 0.15) is 5.60 Å². The minimum Gasteiger partial charge on any atom is -0.477 e. The van der Waals surface area contributed by atoms with Gasteiger partial charge in [-0.05, 0) is 59.2 Å². The molecule has 0 unspecified atom stereocenters. The molecule has 0 aliphatic carbocycles. The van der Waals surface area contributed by atoms with Gasteiger partial charge in [-0.1, -0.05) is 0 Å². The summed E-state index contributed by atoms with van der Waals surface area (Å²) in [7, 11) is 0. The van der Waals surface area contributed by atoms with Crippen molar-refractivity contribution in [2.45, 2.75) is 46.1 Å². The Labute approximate surface area is 144 Å². The molecule has 0 spiro atoms. The van der Waals surface area contributed by atoms with E-state index in [9.17, 15) is 4.79 Å². The SMILES string of the molecule is C=N/C(=C\C=C(/C)C#N)OCC1CCN(C(=O)OC(C)(C)C)CC1. The van der Waals surface area contributed by atoms with Crippen molar-refractivity contribution >= 4 is 12.8 Å². The van der Waals surface area contributed by atoms with E-state index in [1.807, 2.05) is 26.8 Å². The highest BCUT2D eigenvalue weighted by Crippen LogP contribution is 2.21. The van der Waals surface area contributed by atoms with Crippen LogP contribution in [0.15, 0.2) is 28.6 Å². The standard InChI is InChI=1S/C18H27N3O3/c1-14(12-19)6-7-16(20-5)23-13-15-8-10-21(11-9-15)17(22)24-18(2,3)4/h6-7,15H,5,8-11,13H2,1-4H3/b14-6+,16-7+. The predicted molar refractivity (Wildman–Crippen MR) is 93.5 cm³/mol. The molecule has 24 heavy (non-hydrogen) atoms. The summed E-state index contributed by atoms with van der Waals surface area (Å²) in [6.07, 6.45) is 4.75. The molecule has 0 bridgehead atoms. The molecule has 1 amide bonds. The number of carbonyl (C=O) groups excluding carboxylic acids is 1. The number of ether oxygens (including phenoxy) is 2. The van der Waals surface area contributed by atoms with Crippen LogP contribution in [-0.4, -0.2) is 43.0 Å². The van der Waals surface area contributed by atoms with Crippen LogP contribution < -0.4 is 0 Å². The molecule has 0 aromatic carbocycles. The van der Waals surface area contributed by atoms with Crippen molar-refractivity contribution in [2.75, 3.05) is 19.7 Å². The first-order chi connectivity index (χ1) is 11.2. The summed E-state index contributed by atoms with van der Waals surface area (Å²) in [6.45, 7) is 12.6. The van der Waals surface area contributed by atoms with Gasteiger partial charge in [-0.3, -0.25) is 0 Å². The van der Waals surface area contributed by atoms with Crippen LogP contribution in [-0.2, 0) is 9.47 Å². The molecule has 1 fully saturated rings. The fourth-order valence-electron chi connectivity index (χ4n) is 2.19. The summed E-state index contributed by atoms with van der Waals surface area (Å²) in [5, 5.41) is 8.72. The van der Waals surface area contributed by atoms with Crippen molar-refractivity contribution in [2.24, 2.45) is 10.9 Å². The minimum absolute atomic E-state index is 0.257. The van der Waals surface area contributed by atoms with Crippen LogP contribution in [0, 0.1) is 17.2 Å². The van der Waals surface area contributed by atoms with E-state index in [0.717, 1.165) is 12.8 Å². The Kier molecular flexibility index (Phi) is 7.50. The lowest BCUT2D eigenvalue weighted by Crippen LogP contribution is -2.42. The summed E-state index contributed by atoms with van der Waals surface area (Å²) >= 11 is 0. The molecular formula is C18H27N3O3. The molecule has 0 N–H and O–H groups in total. The van der Waals surface area contributed by atoms with Gasteiger partial charge in [0.2, 0.25) is 5.88 Å². The molecule has 0 radical (unpaired) electrons. The summed E-state index contributed by atoms with van der Waals surface area (Å²) in [5.74, 6) is 0.758. The van der Waals surface area contributed by atoms with Gasteiger partial charge >= 0.3 is 6.09 Å². The maximum absolute atomic E-state index is 12.0. The largest absolute Gasteiger partial charge is 0.477 e. The lowest BCUT2D eigenvalue weighted by atomic mass is 9.98. The van der Waals surface area contributed by atoms with Gasteiger partial charge in [0.15, 0.2) is 0 Å². The Bertz CT molecular complexity index is 545. The normalized spacial score (nSPS) is 17.2. The maximum atomic E-state index is 12.0. The molecule has 6 nitrogen and oxygen atoms in total. The number of carbonyl (C=O) groups is 1. The molecule has 1 saturated heterocycles. The maximum Gasteiger partial charge on any atom is 0.410 e. The molecule has 1 heterocycles. The van der Waals surface area contributed by atoms with Crippen LogP contribution in [0.1, 0.15) is 40.5 Å². The van der Waals surface area contributed by atoms with E-state index >= 15 is 0 Å². The molecule has 1 aliphatic rings. The molecule has 0 atom stereocenters. The minimum atomic E-state index is -0.471. The number of piperidine rings is 1. The molecular weight excluding hydrogens is 306 g/mol. The van der Waals surface area contributed by atoms with Gasteiger partial charge in [0, 0.05) is 24.7 Å². The number of aliphatic imine (C=N–C) groups is 1. The molecule has 132 valence electrons. The quantitative estimate of drug-likeness (QED) is 0.333. The number of hydrogen-bond acceptors (Lipinski definition) is 5. The number of likely N-dealkylation sites (tertiary alicyclic amines) is 1. The van der Waals surface area contributed by atoms with Crippen LogP contribution in [0.2, 0.25) is 0 Å². The highest BCUT2D eigenvalue weighted by molar-refractivity contribution is 5.68. The van der Waals surface area contributed by atoms with E-state index in [4.69, 9.17) is 14.7 Å². The first kappa shape index (κ1) is 19.8. The van der Waals surface area contributed by atoms with E-state index in [0.29, 0.717) is 37.1 Å². The number of amides is 1. The second-order valence-electron chi connectivity index (χ2n) is 6.85. The van der Waals surface area contributed by atoms with Crippen LogP contribution in [0.4, 0.5) is 4.79 Å². The van der Waals surface area contributed by atoms with Crippen molar-refractivity contribution in [3.8, 4) is 6.07 Å². The van der Waals surface area contributed by atoms with E-state index in [2.05, 4.69) is 11.7 Å². The zero-order chi connectivity index (χ0) is 18.2. The topological polar surface area (TPSA) is 74.9 Å². The van der Waals surface area contributed by atoms with Crippen LogP contribution >= 0.6 is 0 Å². The van der Waals surface area contributed by atoms with Gasteiger partial charge in [-0.15, -0.1) is 0 Å². The number of hydrogen-bond donors (Lipinski definition) is 0. The molecule has 1 rings (SSSR count). The second-order valence-corrected chi connectivity index (χ2v) is 6.85. The van der Waals surface area contributed by atoms with Crippen molar-refractivity contribution in [3.63, 3.8) is 0 Å². The zero-order valence-electron chi connectivity index (χ0n) is 15.0. The fourth-order valence-corrected chi connectivity index (χ4v) is 2.19. The molecule has 6 heteroatoms. The Morgan fingerprint density at radius 3 is 2.50 bits per heavy atom. The lowest BCUT2D eigenvalue weighted by molar-refractivity contribution is 0.0147. The van der Waals surface area contributed by atoms with Crippen LogP contribution in [0.25, 0.3) is 0 Å². The van der Waals surface area contributed by atoms with Crippen molar-refractivity contribution < 1.29 is 14.3 Å². The van der Waals surface area contributed by atoms with Crippen molar-refractivity contribution in [3.05, 3.63) is 23.6 Å². The number of nitrogens with zero attached hydrogens (tertiary/aromatic N) is 3. The lowest BCUT2D eigenvalue weighted by Gasteiger charge is -2.33. The highest BCUT2D eigenvalue weighted by atomic mass is 16.6. The van der Waals surface area contributed by atoms with Crippen LogP contribution in [0.5, 0.6) is 0 Å². The van der Waals surface area contributed by atoms with Crippen LogP contribution in [0.3, 0.4) is 0 Å². The Morgan fingerprint density at radius 2 is 2.00 bits per heavy atom. The summed E-state index contributed by atoms with van der Waals surface area (Å²) in [4.78, 5) is 17.6. The average Bonchev–Trinajstić information content (AvgIpc) is 2.53. The first-order valence-electron chi connectivity index (χ1n) is 8.11. The third kappa shape index (κ3) is 7.32. The number of allylic oxidation sites excluding steroid dienone is 3. The third-order valence-corrected chi connectivity index (χ3v) is 3.54. The van der Waals surface area contributed by atoms with E-state index in [-0.39, 0.29) is 6.09 Å². The molecule has 0 saturated carbocycles. The summed E-state index contributed by atoms with van der Waals surface area (Å²) in [5.41, 5.74) is 0.104. The number of rotatable bonds is 5. The highest BCUT2D eigenvalue weighted by Gasteiger charge is 2.27. The van der Waals surface area contributed by atoms with Gasteiger partial charge in [0.25, 0.3) is 0 Å². The van der Waals surface area contributed by atoms with Gasteiger partial charge in [0.05, 0.1) is 12.7 Å². The van der Waals surface area contributed by atoms with E-state index in [1.165, 1.54) is 0 Å². The Balaban J connectivity index is 2.42. The molecule has 1 aliphatic heterocycles. The Morgan fingerprint density at radius 1 is 1.38 bits per heavy atom. The van der Waals surface area contributed by atoms with E-state index in [1.54, 1.807) is 24.0 Å². The average molecular weight is 333 g/mol. The third-order valence-electron chi connectivity index (χ3n) is 3.54. The second kappa shape index (κ2) is 9.11. The Hall–Kier alpha value is -2.29. The monoisotopic (exact) mass is 333 g/mol. The molecule has 0 aromatic rings. The van der Waals surface area contributed by atoms with Gasteiger partial charge in [-0.2, -0.15) is 5.26 Å². The van der Waals surface area contributed by atoms with Gasteiger partial charge < -0.3 is 14.4 Å². The zero-order valence-corrected chi connectivity index (χ0v) is 15.0. The van der Waals surface area contributed by atoms with Crippen molar-refractivity contribution in [1.29, 1.82) is 5.26 Å². The summed E-state index contributed by atoms with van der Waals surface area (Å²) < 4.78 is 11.0. The molecule has 0 aromatic heterocycles. The van der Waals surface area contributed by atoms with Crippen molar-refractivity contribution in [1.82, 2.24) is 4.90 Å². The van der Waals surface area contributed by atoms with E-state index < -0.39 is 5.60 Å². The first-order valence-corrected chi connectivity index (χ1v) is 8.11. The summed E-state index contributed by atoms with van der Waals surface area (Å²) in [6, 6.07) is 2.03.